The number of rotatable bonds is 12. The Kier molecular flexibility index (Phi) is 10.4. The highest BCUT2D eigenvalue weighted by atomic mass is 31.3. The minimum Gasteiger partial charge on any atom is -0.461 e. The van der Waals surface area contributed by atoms with E-state index in [-0.39, 0.29) is 0 Å². The molecular formula is C15H24N2O18P2. The lowest BCUT2D eigenvalue weighted by molar-refractivity contribution is -0.173. The van der Waals surface area contributed by atoms with Gasteiger partial charge in [0.1, 0.15) is 43.2 Å². The van der Waals surface area contributed by atoms with Gasteiger partial charge in [0.05, 0.1) is 6.61 Å². The molecule has 0 aromatic carbocycles. The molecule has 0 aliphatic carbocycles. The van der Waals surface area contributed by atoms with Crippen molar-refractivity contribution in [3.63, 3.8) is 0 Å². The third-order valence-corrected chi connectivity index (χ3v) is 6.95. The topological polar surface area (TPSA) is 325 Å². The Morgan fingerprint density at radius 3 is 2.27 bits per heavy atom. The minimum absolute atomic E-state index is 0.695. The van der Waals surface area contributed by atoms with Crippen LogP contribution in [0.2, 0.25) is 0 Å². The molecule has 2 rings (SSSR count). The Bertz CT molecular complexity index is 1150. The molecule has 0 bridgehead atoms. The van der Waals surface area contributed by atoms with E-state index < -0.39 is 95.0 Å². The van der Waals surface area contributed by atoms with Gasteiger partial charge in [-0.25, -0.2) is 18.7 Å². The molecule has 0 radical (unpaired) electrons. The van der Waals surface area contributed by atoms with Crippen molar-refractivity contribution in [1.82, 2.24) is 9.55 Å². The number of phosphoric ester groups is 1. The van der Waals surface area contributed by atoms with Gasteiger partial charge in [-0.15, -0.1) is 0 Å². The summed E-state index contributed by atoms with van der Waals surface area (Å²) in [5, 5.41) is 58.7. The van der Waals surface area contributed by atoms with E-state index in [1.54, 1.807) is 0 Å². The molecule has 9 atom stereocenters. The van der Waals surface area contributed by atoms with Gasteiger partial charge in [0.25, 0.3) is 5.56 Å². The van der Waals surface area contributed by atoms with Crippen molar-refractivity contribution in [2.75, 3.05) is 13.2 Å². The first kappa shape index (κ1) is 31.3. The van der Waals surface area contributed by atoms with E-state index >= 15 is 0 Å². The number of nitrogens with one attached hydrogen (secondary N) is 1. The maximum atomic E-state index is 12.5. The van der Waals surface area contributed by atoms with Gasteiger partial charge in [0.2, 0.25) is 0 Å². The molecular weight excluding hydrogens is 558 g/mol. The molecule has 1 aliphatic heterocycles. The number of esters is 1. The van der Waals surface area contributed by atoms with Crippen LogP contribution in [0.1, 0.15) is 6.23 Å². The van der Waals surface area contributed by atoms with Crippen LogP contribution in [-0.2, 0) is 32.2 Å². The number of aliphatic hydroxyl groups is 6. The highest BCUT2D eigenvalue weighted by Crippen LogP contribution is 2.58. The van der Waals surface area contributed by atoms with Gasteiger partial charge >= 0.3 is 27.3 Å². The first-order valence-corrected chi connectivity index (χ1v) is 12.9. The van der Waals surface area contributed by atoms with Crippen molar-refractivity contribution >= 4 is 21.6 Å². The van der Waals surface area contributed by atoms with E-state index in [0.29, 0.717) is 4.57 Å². The number of carbonyl (C=O) groups excluding carboxylic acids is 1. The lowest BCUT2D eigenvalue weighted by Crippen LogP contribution is -2.50. The van der Waals surface area contributed by atoms with E-state index in [0.717, 1.165) is 12.3 Å². The van der Waals surface area contributed by atoms with Crippen molar-refractivity contribution < 1.29 is 77.6 Å². The standard InChI is InChI=1S/C15H24N2O18P2/c18-3-5(19)8(21)10(23)12(34-37(30,31)35-36(27,28)29)14(25)32-4-6-9(22)11(24)13(33-6)17-2-1-7(20)16-15(17)26/h1-2,5-6,8-13,18-19,21-24H,3-4H2,(H,30,31)(H,16,20,26)(H2,27,28,29)/t5?,6-,8?,9-,10?,11-,12?,13-/m1/s1. The molecule has 1 saturated heterocycles. The smallest absolute Gasteiger partial charge is 0.461 e. The van der Waals surface area contributed by atoms with Gasteiger partial charge in [-0.05, 0) is 0 Å². The maximum Gasteiger partial charge on any atom is 0.482 e. The number of nitrogens with zero attached hydrogens (tertiary/aromatic N) is 1. The van der Waals surface area contributed by atoms with Gasteiger partial charge in [-0.2, -0.15) is 4.31 Å². The van der Waals surface area contributed by atoms with Gasteiger partial charge < -0.3 is 54.8 Å². The average molecular weight is 582 g/mol. The lowest BCUT2D eigenvalue weighted by atomic mass is 10.0. The molecule has 10 N–H and O–H groups in total. The van der Waals surface area contributed by atoms with Crippen LogP contribution in [0, 0.1) is 0 Å². The molecule has 1 fully saturated rings. The second kappa shape index (κ2) is 12.3. The zero-order valence-corrected chi connectivity index (χ0v) is 20.0. The summed E-state index contributed by atoms with van der Waals surface area (Å²) in [6, 6.07) is 0.902. The molecule has 5 unspecified atom stereocenters. The Morgan fingerprint density at radius 2 is 1.73 bits per heavy atom. The summed E-state index contributed by atoms with van der Waals surface area (Å²) in [6.07, 6.45) is -15.9. The van der Waals surface area contributed by atoms with Crippen LogP contribution in [0.4, 0.5) is 0 Å². The quantitative estimate of drug-likeness (QED) is 0.0810. The largest absolute Gasteiger partial charge is 0.482 e. The third kappa shape index (κ3) is 8.31. The van der Waals surface area contributed by atoms with Crippen molar-refractivity contribution in [3.8, 4) is 0 Å². The Balaban J connectivity index is 2.20. The summed E-state index contributed by atoms with van der Waals surface area (Å²) < 4.78 is 41.1. The highest BCUT2D eigenvalue weighted by molar-refractivity contribution is 7.60. The monoisotopic (exact) mass is 582 g/mol. The second-order valence-corrected chi connectivity index (χ2v) is 10.3. The molecule has 20 nitrogen and oxygen atoms in total. The van der Waals surface area contributed by atoms with E-state index in [2.05, 4.69) is 8.83 Å². The van der Waals surface area contributed by atoms with Crippen LogP contribution in [0.15, 0.2) is 21.9 Å². The first-order valence-electron chi connectivity index (χ1n) is 9.90. The van der Waals surface area contributed by atoms with Crippen molar-refractivity contribution in [2.24, 2.45) is 0 Å². The Morgan fingerprint density at radius 1 is 1.11 bits per heavy atom. The lowest BCUT2D eigenvalue weighted by Gasteiger charge is -2.28. The van der Waals surface area contributed by atoms with Crippen LogP contribution >= 0.6 is 15.6 Å². The van der Waals surface area contributed by atoms with E-state index in [1.807, 2.05) is 4.98 Å². The summed E-state index contributed by atoms with van der Waals surface area (Å²) in [7, 11) is -11.6. The Labute approximate surface area is 204 Å². The fourth-order valence-electron chi connectivity index (χ4n) is 3.03. The summed E-state index contributed by atoms with van der Waals surface area (Å²) in [5.74, 6) is -1.84. The van der Waals surface area contributed by atoms with Gasteiger partial charge in [0.15, 0.2) is 12.3 Å². The number of aromatic nitrogens is 2. The van der Waals surface area contributed by atoms with Crippen LogP contribution in [-0.4, -0.2) is 117 Å². The minimum atomic E-state index is -5.85. The number of phosphoric acid groups is 2. The summed E-state index contributed by atoms with van der Waals surface area (Å²) in [6.45, 7) is -2.19. The normalized spacial score (nSPS) is 27.2. The number of hydrogen-bond donors (Lipinski definition) is 10. The number of hydrogen-bond acceptors (Lipinski definition) is 15. The van der Waals surface area contributed by atoms with E-state index in [9.17, 15) is 53.9 Å². The van der Waals surface area contributed by atoms with Crippen molar-refractivity contribution in [1.29, 1.82) is 0 Å². The number of aliphatic hydroxyl groups excluding tert-OH is 6. The molecule has 37 heavy (non-hydrogen) atoms. The second-order valence-electron chi connectivity index (χ2n) is 7.49. The zero-order valence-electron chi connectivity index (χ0n) is 18.2. The fraction of sp³-hybridized carbons (Fsp3) is 0.667. The maximum absolute atomic E-state index is 12.5. The summed E-state index contributed by atoms with van der Waals surface area (Å²) in [5.41, 5.74) is -1.81. The number of ether oxygens (including phenoxy) is 2. The molecule has 1 aromatic heterocycles. The number of carbonyl (C=O) groups is 1. The number of aromatic amines is 1. The van der Waals surface area contributed by atoms with Gasteiger partial charge in [-0.3, -0.25) is 18.9 Å². The predicted molar refractivity (Wildman–Crippen MR) is 111 cm³/mol. The summed E-state index contributed by atoms with van der Waals surface area (Å²) >= 11 is 0. The van der Waals surface area contributed by atoms with E-state index in [1.165, 1.54) is 0 Å². The molecule has 2 heterocycles. The molecule has 22 heteroatoms. The van der Waals surface area contributed by atoms with Crippen molar-refractivity contribution in [2.45, 2.75) is 49.0 Å². The van der Waals surface area contributed by atoms with Crippen molar-refractivity contribution in [3.05, 3.63) is 33.1 Å². The van der Waals surface area contributed by atoms with Crippen LogP contribution < -0.4 is 11.2 Å². The molecule has 0 spiro atoms. The SMILES string of the molecule is O=C(OC[C@H]1O[C@@H](n2ccc(=O)[nH]c2=O)[C@H](O)[C@@H]1O)C(OP(=O)(O)OP(=O)(O)O)C(O)C(O)C(O)CO. The summed E-state index contributed by atoms with van der Waals surface area (Å²) in [4.78, 5) is 64.4. The molecule has 212 valence electrons. The van der Waals surface area contributed by atoms with Gasteiger partial charge in [-0.1, -0.05) is 0 Å². The van der Waals surface area contributed by atoms with Crippen LogP contribution in [0.25, 0.3) is 0 Å². The average Bonchev–Trinajstić information content (AvgIpc) is 3.06. The zero-order chi connectivity index (χ0) is 28.3. The predicted octanol–water partition coefficient (Wildman–Crippen LogP) is -5.63. The van der Waals surface area contributed by atoms with Crippen LogP contribution in [0.3, 0.4) is 0 Å². The Hall–Kier alpha value is -1.87. The fourth-order valence-corrected chi connectivity index (χ4v) is 4.75. The molecule has 1 aromatic rings. The molecule has 1 aliphatic rings. The molecule has 0 amide bonds. The molecule has 0 saturated carbocycles. The van der Waals surface area contributed by atoms with E-state index in [4.69, 9.17) is 24.4 Å². The first-order chi connectivity index (χ1) is 17.0. The number of H-pyrrole nitrogens is 1. The highest BCUT2D eigenvalue weighted by Gasteiger charge is 2.47. The third-order valence-electron chi connectivity index (χ3n) is 4.78. The van der Waals surface area contributed by atoms with Crippen LogP contribution in [0.5, 0.6) is 0 Å². The van der Waals surface area contributed by atoms with Gasteiger partial charge in [0, 0.05) is 12.3 Å².